The molecule has 2 rings (SSSR count). The predicted molar refractivity (Wildman–Crippen MR) is 63.9 cm³/mol. The Morgan fingerprint density at radius 1 is 1.27 bits per heavy atom. The second kappa shape index (κ2) is 4.45. The van der Waals surface area contributed by atoms with Gasteiger partial charge in [-0.2, -0.15) is 0 Å². The van der Waals surface area contributed by atoms with Crippen molar-refractivity contribution in [2.75, 3.05) is 6.61 Å². The number of rotatable bonds is 3. The lowest BCUT2D eigenvalue weighted by Gasteiger charge is -2.48. The van der Waals surface area contributed by atoms with Crippen LogP contribution in [-0.2, 0) is 4.74 Å². The van der Waals surface area contributed by atoms with Crippen LogP contribution in [-0.4, -0.2) is 12.7 Å². The molecule has 1 heteroatoms. The zero-order valence-electron chi connectivity index (χ0n) is 10.6. The Morgan fingerprint density at radius 2 is 1.87 bits per heavy atom. The lowest BCUT2D eigenvalue weighted by atomic mass is 9.60. The van der Waals surface area contributed by atoms with E-state index in [0.717, 1.165) is 18.4 Å². The molecule has 15 heavy (non-hydrogen) atoms. The molecule has 0 saturated heterocycles. The zero-order valence-corrected chi connectivity index (χ0v) is 10.6. The second-order valence-electron chi connectivity index (χ2n) is 6.06. The van der Waals surface area contributed by atoms with Gasteiger partial charge < -0.3 is 4.74 Å². The SMILES string of the molecule is CCOC(C)C1(C)CC2CCCC(C2)C1. The first-order chi connectivity index (χ1) is 7.14. The van der Waals surface area contributed by atoms with Gasteiger partial charge in [0.15, 0.2) is 0 Å². The Bertz CT molecular complexity index is 199. The molecule has 2 bridgehead atoms. The Hall–Kier alpha value is -0.0400. The van der Waals surface area contributed by atoms with Crippen molar-refractivity contribution in [1.82, 2.24) is 0 Å². The largest absolute Gasteiger partial charge is 0.378 e. The molecule has 0 aromatic heterocycles. The van der Waals surface area contributed by atoms with E-state index in [4.69, 9.17) is 4.74 Å². The highest BCUT2D eigenvalue weighted by Crippen LogP contribution is 2.50. The predicted octanol–water partition coefficient (Wildman–Crippen LogP) is 4.02. The van der Waals surface area contributed by atoms with Crippen LogP contribution < -0.4 is 0 Å². The van der Waals surface area contributed by atoms with Crippen LogP contribution in [0.25, 0.3) is 0 Å². The molecule has 0 aromatic carbocycles. The minimum Gasteiger partial charge on any atom is -0.378 e. The highest BCUT2D eigenvalue weighted by molar-refractivity contribution is 4.93. The third-order valence-electron chi connectivity index (χ3n) is 4.80. The van der Waals surface area contributed by atoms with Crippen LogP contribution in [0.4, 0.5) is 0 Å². The molecular weight excluding hydrogens is 184 g/mol. The van der Waals surface area contributed by atoms with Gasteiger partial charge in [-0.1, -0.05) is 26.2 Å². The van der Waals surface area contributed by atoms with Crippen molar-refractivity contribution in [2.24, 2.45) is 17.3 Å². The zero-order chi connectivity index (χ0) is 10.9. The van der Waals surface area contributed by atoms with E-state index in [1.54, 1.807) is 0 Å². The number of hydrogen-bond donors (Lipinski definition) is 0. The van der Waals surface area contributed by atoms with E-state index in [9.17, 15) is 0 Å². The van der Waals surface area contributed by atoms with Crippen molar-refractivity contribution in [2.45, 2.75) is 65.4 Å². The Kier molecular flexibility index (Phi) is 3.39. The summed E-state index contributed by atoms with van der Waals surface area (Å²) in [6.07, 6.45) is 9.21. The molecule has 0 aliphatic heterocycles. The van der Waals surface area contributed by atoms with Gasteiger partial charge in [0, 0.05) is 6.61 Å². The molecule has 2 saturated carbocycles. The van der Waals surface area contributed by atoms with Crippen LogP contribution >= 0.6 is 0 Å². The molecule has 2 aliphatic rings. The summed E-state index contributed by atoms with van der Waals surface area (Å²) in [5.41, 5.74) is 0.462. The van der Waals surface area contributed by atoms with Crippen LogP contribution in [0.15, 0.2) is 0 Å². The number of ether oxygens (including phenoxy) is 1. The topological polar surface area (TPSA) is 9.23 Å². The van der Waals surface area contributed by atoms with Crippen LogP contribution in [0.3, 0.4) is 0 Å². The Morgan fingerprint density at radius 3 is 2.40 bits per heavy atom. The van der Waals surface area contributed by atoms with Crippen molar-refractivity contribution in [1.29, 1.82) is 0 Å². The normalized spacial score (nSPS) is 42.6. The Labute approximate surface area is 94.6 Å². The molecule has 0 heterocycles. The fourth-order valence-corrected chi connectivity index (χ4v) is 3.96. The fourth-order valence-electron chi connectivity index (χ4n) is 3.96. The quantitative estimate of drug-likeness (QED) is 0.683. The average molecular weight is 210 g/mol. The van der Waals surface area contributed by atoms with Gasteiger partial charge >= 0.3 is 0 Å². The summed E-state index contributed by atoms with van der Waals surface area (Å²) >= 11 is 0. The van der Waals surface area contributed by atoms with E-state index in [1.807, 2.05) is 0 Å². The van der Waals surface area contributed by atoms with Crippen molar-refractivity contribution in [3.05, 3.63) is 0 Å². The van der Waals surface area contributed by atoms with Crippen LogP contribution in [0.1, 0.15) is 59.3 Å². The summed E-state index contributed by atoms with van der Waals surface area (Å²) in [6, 6.07) is 0. The first-order valence-electron chi connectivity index (χ1n) is 6.75. The highest BCUT2D eigenvalue weighted by atomic mass is 16.5. The number of hydrogen-bond acceptors (Lipinski definition) is 1. The molecule has 88 valence electrons. The Balaban J connectivity index is 2.02. The van der Waals surface area contributed by atoms with Gasteiger partial charge in [0.2, 0.25) is 0 Å². The lowest BCUT2D eigenvalue weighted by Crippen LogP contribution is -2.41. The van der Waals surface area contributed by atoms with Crippen LogP contribution in [0.2, 0.25) is 0 Å². The first-order valence-corrected chi connectivity index (χ1v) is 6.75. The summed E-state index contributed by atoms with van der Waals surface area (Å²) in [5, 5.41) is 0. The molecule has 3 atom stereocenters. The first kappa shape index (κ1) is 11.4. The van der Waals surface area contributed by atoms with Crippen molar-refractivity contribution >= 4 is 0 Å². The molecule has 0 N–H and O–H groups in total. The maximum Gasteiger partial charge on any atom is 0.0600 e. The molecule has 0 spiro atoms. The van der Waals surface area contributed by atoms with Gasteiger partial charge in [-0.3, -0.25) is 0 Å². The van der Waals surface area contributed by atoms with Gasteiger partial charge in [-0.05, 0) is 50.4 Å². The van der Waals surface area contributed by atoms with E-state index in [-0.39, 0.29) is 0 Å². The molecule has 0 amide bonds. The van der Waals surface area contributed by atoms with Gasteiger partial charge in [0.05, 0.1) is 6.10 Å². The van der Waals surface area contributed by atoms with Crippen molar-refractivity contribution in [3.8, 4) is 0 Å². The van der Waals surface area contributed by atoms with Crippen molar-refractivity contribution in [3.63, 3.8) is 0 Å². The molecular formula is C14H26O. The van der Waals surface area contributed by atoms with Gasteiger partial charge in [-0.15, -0.1) is 0 Å². The highest BCUT2D eigenvalue weighted by Gasteiger charge is 2.42. The summed E-state index contributed by atoms with van der Waals surface area (Å²) in [6.45, 7) is 7.72. The molecule has 1 nitrogen and oxygen atoms in total. The van der Waals surface area contributed by atoms with Crippen molar-refractivity contribution < 1.29 is 4.74 Å². The smallest absolute Gasteiger partial charge is 0.0600 e. The minimum absolute atomic E-state index is 0.450. The molecule has 0 aromatic rings. The van der Waals surface area contributed by atoms with Gasteiger partial charge in [-0.25, -0.2) is 0 Å². The summed E-state index contributed by atoms with van der Waals surface area (Å²) < 4.78 is 5.85. The summed E-state index contributed by atoms with van der Waals surface area (Å²) in [4.78, 5) is 0. The monoisotopic (exact) mass is 210 g/mol. The summed E-state index contributed by atoms with van der Waals surface area (Å²) in [7, 11) is 0. The van der Waals surface area contributed by atoms with E-state index in [1.165, 1.54) is 38.5 Å². The van der Waals surface area contributed by atoms with E-state index in [2.05, 4.69) is 20.8 Å². The molecule has 2 fully saturated rings. The standard InChI is InChI=1S/C14H26O/c1-4-15-11(2)14(3)9-12-6-5-7-13(8-12)10-14/h11-13H,4-10H2,1-3H3. The van der Waals surface area contributed by atoms with E-state index < -0.39 is 0 Å². The second-order valence-corrected chi connectivity index (χ2v) is 6.06. The van der Waals surface area contributed by atoms with E-state index >= 15 is 0 Å². The third kappa shape index (κ3) is 2.38. The fraction of sp³-hybridized carbons (Fsp3) is 1.00. The third-order valence-corrected chi connectivity index (χ3v) is 4.80. The van der Waals surface area contributed by atoms with Gasteiger partial charge in [0.1, 0.15) is 0 Å². The van der Waals surface area contributed by atoms with Gasteiger partial charge in [0.25, 0.3) is 0 Å². The molecule has 2 aliphatic carbocycles. The van der Waals surface area contributed by atoms with Crippen LogP contribution in [0, 0.1) is 17.3 Å². The lowest BCUT2D eigenvalue weighted by molar-refractivity contribution is -0.0663. The molecule has 3 unspecified atom stereocenters. The maximum absolute atomic E-state index is 5.85. The summed E-state index contributed by atoms with van der Waals surface area (Å²) in [5.74, 6) is 2.01. The maximum atomic E-state index is 5.85. The average Bonchev–Trinajstić information content (AvgIpc) is 2.17. The molecule has 0 radical (unpaired) electrons. The van der Waals surface area contributed by atoms with Crippen LogP contribution in [0.5, 0.6) is 0 Å². The number of fused-ring (bicyclic) bond motifs is 2. The van der Waals surface area contributed by atoms with E-state index in [0.29, 0.717) is 11.5 Å². The minimum atomic E-state index is 0.450.